The van der Waals surface area contributed by atoms with E-state index in [1.165, 1.54) is 0 Å². The van der Waals surface area contributed by atoms with Gasteiger partial charge in [0.25, 0.3) is 0 Å². The van der Waals surface area contributed by atoms with Crippen LogP contribution in [0.25, 0.3) is 0 Å². The summed E-state index contributed by atoms with van der Waals surface area (Å²) >= 11 is 3.44. The number of benzene rings is 2. The van der Waals surface area contributed by atoms with Gasteiger partial charge in [-0.3, -0.25) is 0 Å². The van der Waals surface area contributed by atoms with Crippen molar-refractivity contribution in [1.82, 2.24) is 0 Å². The largest absolute Gasteiger partial charge is 0.493 e. The first-order valence-corrected chi connectivity index (χ1v) is 7.08. The van der Waals surface area contributed by atoms with E-state index >= 15 is 0 Å². The number of aliphatic hydroxyl groups is 1. The highest BCUT2D eigenvalue weighted by atomic mass is 79.9. The Balaban J connectivity index is 2.45. The first-order valence-electron chi connectivity index (χ1n) is 6.29. The zero-order valence-electron chi connectivity index (χ0n) is 11.1. The van der Waals surface area contributed by atoms with Crippen LogP contribution in [0.3, 0.4) is 0 Å². The molecule has 0 spiro atoms. The summed E-state index contributed by atoms with van der Waals surface area (Å²) in [5.74, 6) is 0.724. The lowest BCUT2D eigenvalue weighted by Crippen LogP contribution is -2.05. The Morgan fingerprint density at radius 1 is 1.16 bits per heavy atom. The van der Waals surface area contributed by atoms with E-state index in [9.17, 15) is 5.11 Å². The molecular formula is C16H17BrO2. The summed E-state index contributed by atoms with van der Waals surface area (Å²) in [4.78, 5) is 0. The second-order valence-electron chi connectivity index (χ2n) is 4.37. The van der Waals surface area contributed by atoms with Crippen molar-refractivity contribution in [1.29, 1.82) is 0 Å². The molecular weight excluding hydrogens is 304 g/mol. The summed E-state index contributed by atoms with van der Waals surface area (Å²) < 4.78 is 6.52. The van der Waals surface area contributed by atoms with Crippen molar-refractivity contribution in [3.05, 3.63) is 63.6 Å². The fraction of sp³-hybridized carbons (Fsp3) is 0.250. The van der Waals surface area contributed by atoms with Gasteiger partial charge >= 0.3 is 0 Å². The van der Waals surface area contributed by atoms with Crippen LogP contribution in [0.4, 0.5) is 0 Å². The minimum absolute atomic E-state index is 0.578. The Kier molecular flexibility index (Phi) is 4.61. The molecule has 1 unspecified atom stereocenters. The lowest BCUT2D eigenvalue weighted by atomic mass is 9.97. The van der Waals surface area contributed by atoms with Gasteiger partial charge in [-0.25, -0.2) is 0 Å². The predicted molar refractivity (Wildman–Crippen MR) is 80.6 cm³/mol. The normalized spacial score (nSPS) is 12.2. The molecule has 0 radical (unpaired) electrons. The van der Waals surface area contributed by atoms with Gasteiger partial charge in [-0.2, -0.15) is 0 Å². The lowest BCUT2D eigenvalue weighted by Gasteiger charge is -2.18. The Bertz CT molecular complexity index is 566. The maximum atomic E-state index is 10.6. The van der Waals surface area contributed by atoms with Crippen LogP contribution in [-0.2, 0) is 0 Å². The molecule has 0 aliphatic rings. The molecule has 100 valence electrons. The second-order valence-corrected chi connectivity index (χ2v) is 5.29. The lowest BCUT2D eigenvalue weighted by molar-refractivity contribution is 0.211. The minimum atomic E-state index is -0.680. The van der Waals surface area contributed by atoms with E-state index in [1.54, 1.807) is 0 Å². The van der Waals surface area contributed by atoms with E-state index < -0.39 is 6.10 Å². The van der Waals surface area contributed by atoms with Crippen molar-refractivity contribution in [2.75, 3.05) is 6.61 Å². The van der Waals surface area contributed by atoms with Gasteiger partial charge in [-0.1, -0.05) is 40.2 Å². The van der Waals surface area contributed by atoms with Crippen LogP contribution < -0.4 is 4.74 Å². The number of halogens is 1. The number of hydrogen-bond acceptors (Lipinski definition) is 2. The number of hydrogen-bond donors (Lipinski definition) is 1. The van der Waals surface area contributed by atoms with Gasteiger partial charge in [0.15, 0.2) is 0 Å². The van der Waals surface area contributed by atoms with E-state index in [0.717, 1.165) is 26.9 Å². The van der Waals surface area contributed by atoms with Crippen LogP contribution in [0.1, 0.15) is 29.7 Å². The molecule has 2 nitrogen and oxygen atoms in total. The van der Waals surface area contributed by atoms with E-state index in [-0.39, 0.29) is 0 Å². The Hall–Kier alpha value is -1.32. The van der Waals surface area contributed by atoms with E-state index in [4.69, 9.17) is 4.74 Å². The van der Waals surface area contributed by atoms with Crippen molar-refractivity contribution >= 4 is 15.9 Å². The second kappa shape index (κ2) is 6.22. The molecule has 2 rings (SSSR count). The molecule has 3 heteroatoms. The van der Waals surface area contributed by atoms with E-state index in [0.29, 0.717) is 6.61 Å². The summed E-state index contributed by atoms with van der Waals surface area (Å²) in [7, 11) is 0. The van der Waals surface area contributed by atoms with Gasteiger partial charge in [-0.15, -0.1) is 0 Å². The minimum Gasteiger partial charge on any atom is -0.493 e. The van der Waals surface area contributed by atoms with E-state index in [2.05, 4.69) is 15.9 Å². The van der Waals surface area contributed by atoms with Crippen molar-refractivity contribution in [3.8, 4) is 5.75 Å². The Morgan fingerprint density at radius 3 is 2.58 bits per heavy atom. The number of ether oxygens (including phenoxy) is 1. The molecule has 0 aliphatic heterocycles. The number of aryl methyl sites for hydroxylation is 1. The third kappa shape index (κ3) is 3.17. The molecule has 0 fully saturated rings. The molecule has 2 aromatic carbocycles. The molecule has 1 atom stereocenters. The molecule has 0 bridgehead atoms. The van der Waals surface area contributed by atoms with Gasteiger partial charge in [0.1, 0.15) is 11.9 Å². The average Bonchev–Trinajstić information content (AvgIpc) is 2.41. The molecule has 0 saturated carbocycles. The maximum absolute atomic E-state index is 10.6. The fourth-order valence-electron chi connectivity index (χ4n) is 2.08. The highest BCUT2D eigenvalue weighted by Crippen LogP contribution is 2.33. The van der Waals surface area contributed by atoms with Crippen LogP contribution in [0.2, 0.25) is 0 Å². The highest BCUT2D eigenvalue weighted by molar-refractivity contribution is 9.10. The fourth-order valence-corrected chi connectivity index (χ4v) is 2.46. The van der Waals surface area contributed by atoms with Crippen LogP contribution in [0, 0.1) is 6.92 Å². The molecule has 0 amide bonds. The first-order chi connectivity index (χ1) is 9.13. The summed E-state index contributed by atoms with van der Waals surface area (Å²) in [6.07, 6.45) is -0.680. The van der Waals surface area contributed by atoms with Crippen LogP contribution in [0.5, 0.6) is 5.75 Å². The zero-order valence-corrected chi connectivity index (χ0v) is 12.6. The smallest absolute Gasteiger partial charge is 0.125 e. The zero-order chi connectivity index (χ0) is 13.8. The van der Waals surface area contributed by atoms with Crippen molar-refractivity contribution < 1.29 is 9.84 Å². The van der Waals surface area contributed by atoms with Gasteiger partial charge in [0.05, 0.1) is 6.61 Å². The van der Waals surface area contributed by atoms with Crippen LogP contribution >= 0.6 is 15.9 Å². The summed E-state index contributed by atoms with van der Waals surface area (Å²) in [5, 5.41) is 10.6. The standard InChI is InChI=1S/C16H17BrO2/c1-3-19-15-9-8-12(17)10-14(15)16(18)13-7-5-4-6-11(13)2/h4-10,16,18H,3H2,1-2H3. The summed E-state index contributed by atoms with van der Waals surface area (Å²) in [6, 6.07) is 13.5. The number of rotatable bonds is 4. The van der Waals surface area contributed by atoms with Gasteiger partial charge in [0.2, 0.25) is 0 Å². The molecule has 0 heterocycles. The highest BCUT2D eigenvalue weighted by Gasteiger charge is 2.17. The van der Waals surface area contributed by atoms with Crippen molar-refractivity contribution in [3.63, 3.8) is 0 Å². The Labute approximate surface area is 122 Å². The molecule has 1 N–H and O–H groups in total. The third-order valence-electron chi connectivity index (χ3n) is 3.05. The van der Waals surface area contributed by atoms with E-state index in [1.807, 2.05) is 56.3 Å². The SMILES string of the molecule is CCOc1ccc(Br)cc1C(O)c1ccccc1C. The first kappa shape index (κ1) is 14.1. The summed E-state index contributed by atoms with van der Waals surface area (Å²) in [5.41, 5.74) is 2.75. The molecule has 0 aromatic heterocycles. The number of aliphatic hydroxyl groups excluding tert-OH is 1. The van der Waals surface area contributed by atoms with Gasteiger partial charge in [-0.05, 0) is 43.2 Å². The molecule has 19 heavy (non-hydrogen) atoms. The van der Waals surface area contributed by atoms with Crippen molar-refractivity contribution in [2.24, 2.45) is 0 Å². The predicted octanol–water partition coefficient (Wildman–Crippen LogP) is 4.24. The van der Waals surface area contributed by atoms with Crippen LogP contribution in [-0.4, -0.2) is 11.7 Å². The summed E-state index contributed by atoms with van der Waals surface area (Å²) in [6.45, 7) is 4.51. The molecule has 0 saturated heterocycles. The maximum Gasteiger partial charge on any atom is 0.125 e. The monoisotopic (exact) mass is 320 g/mol. The molecule has 2 aromatic rings. The van der Waals surface area contributed by atoms with Crippen LogP contribution in [0.15, 0.2) is 46.9 Å². The quantitative estimate of drug-likeness (QED) is 0.913. The average molecular weight is 321 g/mol. The Morgan fingerprint density at radius 2 is 1.89 bits per heavy atom. The van der Waals surface area contributed by atoms with Crippen molar-refractivity contribution in [2.45, 2.75) is 20.0 Å². The van der Waals surface area contributed by atoms with Gasteiger partial charge < -0.3 is 9.84 Å². The topological polar surface area (TPSA) is 29.5 Å². The van der Waals surface area contributed by atoms with Gasteiger partial charge in [0, 0.05) is 10.0 Å². The third-order valence-corrected chi connectivity index (χ3v) is 3.54. The molecule has 0 aliphatic carbocycles.